The minimum absolute atomic E-state index is 0.586. The first-order valence-corrected chi connectivity index (χ1v) is 5.03. The number of rotatable bonds is 1. The van der Waals surface area contributed by atoms with Gasteiger partial charge in [0.1, 0.15) is 0 Å². The molecule has 0 saturated carbocycles. The maximum atomic E-state index is 5.34. The van der Waals surface area contributed by atoms with Crippen molar-refractivity contribution < 1.29 is 4.74 Å². The molecule has 0 radical (unpaired) electrons. The standard InChI is InChI=1S/C9H12BrNO/c10-8-2-1-4-11(6-8)9-3-5-12-7-9/h1-2,6,9H,3-5,7H2/t9-/m1/s1. The third-order valence-electron chi connectivity index (χ3n) is 2.26. The molecule has 2 aliphatic rings. The number of allylic oxidation sites excluding steroid dienone is 2. The van der Waals surface area contributed by atoms with Crippen LogP contribution in [0.5, 0.6) is 0 Å². The van der Waals surface area contributed by atoms with Gasteiger partial charge in [-0.05, 0) is 28.4 Å². The van der Waals surface area contributed by atoms with E-state index in [2.05, 4.69) is 39.2 Å². The Morgan fingerprint density at radius 1 is 1.58 bits per heavy atom. The smallest absolute Gasteiger partial charge is 0.0670 e. The van der Waals surface area contributed by atoms with Gasteiger partial charge >= 0.3 is 0 Å². The molecule has 2 nitrogen and oxygen atoms in total. The monoisotopic (exact) mass is 229 g/mol. The maximum absolute atomic E-state index is 5.34. The van der Waals surface area contributed by atoms with E-state index in [1.54, 1.807) is 0 Å². The Hall–Kier alpha value is -0.280. The molecule has 3 heteroatoms. The van der Waals surface area contributed by atoms with Crippen LogP contribution in [0.15, 0.2) is 22.8 Å². The van der Waals surface area contributed by atoms with Crippen molar-refractivity contribution in [2.24, 2.45) is 0 Å². The van der Waals surface area contributed by atoms with Crippen LogP contribution in [0.3, 0.4) is 0 Å². The van der Waals surface area contributed by atoms with Crippen molar-refractivity contribution in [1.82, 2.24) is 4.90 Å². The highest BCUT2D eigenvalue weighted by atomic mass is 79.9. The van der Waals surface area contributed by atoms with Gasteiger partial charge < -0.3 is 9.64 Å². The van der Waals surface area contributed by atoms with E-state index in [-0.39, 0.29) is 0 Å². The van der Waals surface area contributed by atoms with Gasteiger partial charge in [0.25, 0.3) is 0 Å². The zero-order valence-corrected chi connectivity index (χ0v) is 8.46. The fourth-order valence-corrected chi connectivity index (χ4v) is 2.03. The van der Waals surface area contributed by atoms with Crippen LogP contribution in [0.1, 0.15) is 6.42 Å². The Balaban J connectivity index is 2.00. The van der Waals surface area contributed by atoms with Crippen molar-refractivity contribution in [3.8, 4) is 0 Å². The fourth-order valence-electron chi connectivity index (χ4n) is 1.58. The highest BCUT2D eigenvalue weighted by molar-refractivity contribution is 9.11. The van der Waals surface area contributed by atoms with Crippen LogP contribution < -0.4 is 0 Å². The first kappa shape index (κ1) is 8.32. The number of nitrogens with zero attached hydrogens (tertiary/aromatic N) is 1. The zero-order valence-electron chi connectivity index (χ0n) is 6.87. The molecule has 1 atom stereocenters. The molecule has 1 saturated heterocycles. The van der Waals surface area contributed by atoms with Gasteiger partial charge in [-0.2, -0.15) is 0 Å². The molecule has 0 aromatic carbocycles. The summed E-state index contributed by atoms with van der Waals surface area (Å²) in [6.45, 7) is 2.81. The molecular formula is C9H12BrNO. The number of hydrogen-bond acceptors (Lipinski definition) is 2. The summed E-state index contributed by atoms with van der Waals surface area (Å²) in [5.41, 5.74) is 0. The molecule has 2 rings (SSSR count). The molecule has 2 aliphatic heterocycles. The van der Waals surface area contributed by atoms with E-state index >= 15 is 0 Å². The minimum atomic E-state index is 0.586. The summed E-state index contributed by atoms with van der Waals surface area (Å²) in [5.74, 6) is 0. The minimum Gasteiger partial charge on any atom is -0.379 e. The predicted molar refractivity (Wildman–Crippen MR) is 52.1 cm³/mol. The quantitative estimate of drug-likeness (QED) is 0.682. The van der Waals surface area contributed by atoms with E-state index in [0.717, 1.165) is 30.7 Å². The normalized spacial score (nSPS) is 29.2. The maximum Gasteiger partial charge on any atom is 0.0670 e. The Morgan fingerprint density at radius 3 is 3.17 bits per heavy atom. The van der Waals surface area contributed by atoms with Crippen LogP contribution in [0.2, 0.25) is 0 Å². The Labute approximate surface area is 81.0 Å². The molecule has 12 heavy (non-hydrogen) atoms. The molecule has 0 aromatic heterocycles. The predicted octanol–water partition coefficient (Wildman–Crippen LogP) is 1.88. The SMILES string of the molecule is BrC1=CN([C@@H]2CCOC2)CC=C1. The average molecular weight is 230 g/mol. The van der Waals surface area contributed by atoms with Crippen LogP contribution in [0.25, 0.3) is 0 Å². The van der Waals surface area contributed by atoms with Crippen molar-refractivity contribution >= 4 is 15.9 Å². The summed E-state index contributed by atoms with van der Waals surface area (Å²) < 4.78 is 6.49. The lowest BCUT2D eigenvalue weighted by Gasteiger charge is -2.27. The summed E-state index contributed by atoms with van der Waals surface area (Å²) in [4.78, 5) is 2.33. The van der Waals surface area contributed by atoms with Gasteiger partial charge in [-0.1, -0.05) is 6.08 Å². The second kappa shape index (κ2) is 3.62. The largest absolute Gasteiger partial charge is 0.379 e. The first-order chi connectivity index (χ1) is 5.86. The number of ether oxygens (including phenoxy) is 1. The molecule has 0 spiro atoms. The van der Waals surface area contributed by atoms with E-state index in [9.17, 15) is 0 Å². The summed E-state index contributed by atoms with van der Waals surface area (Å²) in [5, 5.41) is 0. The Bertz CT molecular complexity index is 219. The van der Waals surface area contributed by atoms with Gasteiger partial charge in [0, 0.05) is 23.8 Å². The van der Waals surface area contributed by atoms with Gasteiger partial charge in [-0.15, -0.1) is 0 Å². The summed E-state index contributed by atoms with van der Waals surface area (Å²) in [6.07, 6.45) is 7.57. The second-order valence-electron chi connectivity index (χ2n) is 3.13. The van der Waals surface area contributed by atoms with E-state index in [0.29, 0.717) is 6.04 Å². The highest BCUT2D eigenvalue weighted by Crippen LogP contribution is 2.19. The molecule has 66 valence electrons. The first-order valence-electron chi connectivity index (χ1n) is 4.23. The number of halogens is 1. The van der Waals surface area contributed by atoms with Crippen molar-refractivity contribution in [2.75, 3.05) is 19.8 Å². The Kier molecular flexibility index (Phi) is 2.51. The lowest BCUT2D eigenvalue weighted by atomic mass is 10.2. The van der Waals surface area contributed by atoms with E-state index in [1.807, 2.05) is 0 Å². The van der Waals surface area contributed by atoms with Gasteiger partial charge in [-0.25, -0.2) is 0 Å². The molecule has 0 amide bonds. The summed E-state index contributed by atoms with van der Waals surface area (Å²) >= 11 is 3.47. The van der Waals surface area contributed by atoms with Gasteiger partial charge in [0.15, 0.2) is 0 Å². The lowest BCUT2D eigenvalue weighted by Crippen LogP contribution is -2.32. The topological polar surface area (TPSA) is 12.5 Å². The fraction of sp³-hybridized carbons (Fsp3) is 0.556. The van der Waals surface area contributed by atoms with Crippen molar-refractivity contribution in [3.63, 3.8) is 0 Å². The second-order valence-corrected chi connectivity index (χ2v) is 4.05. The molecule has 0 unspecified atom stereocenters. The molecule has 0 aromatic rings. The third kappa shape index (κ3) is 1.72. The van der Waals surface area contributed by atoms with Crippen molar-refractivity contribution in [2.45, 2.75) is 12.5 Å². The molecule has 2 heterocycles. The van der Waals surface area contributed by atoms with Crippen LogP contribution in [0.4, 0.5) is 0 Å². The van der Waals surface area contributed by atoms with Crippen molar-refractivity contribution in [3.05, 3.63) is 22.8 Å². The van der Waals surface area contributed by atoms with Crippen molar-refractivity contribution in [1.29, 1.82) is 0 Å². The molecular weight excluding hydrogens is 218 g/mol. The van der Waals surface area contributed by atoms with E-state index in [4.69, 9.17) is 4.74 Å². The van der Waals surface area contributed by atoms with Crippen LogP contribution in [0, 0.1) is 0 Å². The molecule has 0 bridgehead atoms. The van der Waals surface area contributed by atoms with Gasteiger partial charge in [0.05, 0.1) is 12.6 Å². The van der Waals surface area contributed by atoms with Crippen LogP contribution >= 0.6 is 15.9 Å². The molecule has 1 fully saturated rings. The molecule has 0 N–H and O–H groups in total. The zero-order chi connectivity index (χ0) is 8.39. The van der Waals surface area contributed by atoms with Crippen LogP contribution in [-0.4, -0.2) is 30.7 Å². The summed E-state index contributed by atoms with van der Waals surface area (Å²) in [7, 11) is 0. The Morgan fingerprint density at radius 2 is 2.50 bits per heavy atom. The van der Waals surface area contributed by atoms with E-state index < -0.39 is 0 Å². The number of hydrogen-bond donors (Lipinski definition) is 0. The van der Waals surface area contributed by atoms with Crippen LogP contribution in [-0.2, 0) is 4.74 Å². The van der Waals surface area contributed by atoms with Gasteiger partial charge in [0.2, 0.25) is 0 Å². The third-order valence-corrected chi connectivity index (χ3v) is 2.73. The summed E-state index contributed by atoms with van der Waals surface area (Å²) in [6, 6.07) is 0.586. The van der Waals surface area contributed by atoms with E-state index in [1.165, 1.54) is 0 Å². The highest BCUT2D eigenvalue weighted by Gasteiger charge is 2.21. The average Bonchev–Trinajstić information content (AvgIpc) is 2.56. The lowest BCUT2D eigenvalue weighted by molar-refractivity contribution is 0.171. The van der Waals surface area contributed by atoms with Gasteiger partial charge in [-0.3, -0.25) is 0 Å². The molecule has 0 aliphatic carbocycles.